The minimum absolute atomic E-state index is 0.106. The standard InChI is InChI=1S/C10H22N2O2S/c1-4-5-9(11)10(13)12-7-6-8(2)15(3)14/h8-9H,4-7,11H2,1-3H3,(H,12,13). The molecule has 3 atom stereocenters. The third-order valence-corrected chi connectivity index (χ3v) is 3.72. The zero-order valence-corrected chi connectivity index (χ0v) is 10.6. The maximum Gasteiger partial charge on any atom is 0.236 e. The van der Waals surface area contributed by atoms with Gasteiger partial charge < -0.3 is 11.1 Å². The largest absolute Gasteiger partial charge is 0.355 e. The summed E-state index contributed by atoms with van der Waals surface area (Å²) in [6.45, 7) is 4.46. The van der Waals surface area contributed by atoms with Gasteiger partial charge in [-0.2, -0.15) is 0 Å². The molecule has 3 N–H and O–H groups in total. The number of nitrogens with two attached hydrogens (primary N) is 1. The quantitative estimate of drug-likeness (QED) is 0.669. The van der Waals surface area contributed by atoms with Crippen LogP contribution in [0.4, 0.5) is 0 Å². The molecule has 1 amide bonds. The van der Waals surface area contributed by atoms with E-state index in [-0.39, 0.29) is 11.2 Å². The molecule has 0 fully saturated rings. The summed E-state index contributed by atoms with van der Waals surface area (Å²) < 4.78 is 11.0. The van der Waals surface area contributed by atoms with E-state index in [1.54, 1.807) is 6.26 Å². The smallest absolute Gasteiger partial charge is 0.236 e. The lowest BCUT2D eigenvalue weighted by molar-refractivity contribution is -0.122. The monoisotopic (exact) mass is 234 g/mol. The highest BCUT2D eigenvalue weighted by Crippen LogP contribution is 1.98. The molecule has 0 heterocycles. The number of amides is 1. The minimum atomic E-state index is -0.822. The van der Waals surface area contributed by atoms with Crippen LogP contribution in [0.2, 0.25) is 0 Å². The van der Waals surface area contributed by atoms with Crippen molar-refractivity contribution in [1.29, 1.82) is 0 Å². The van der Waals surface area contributed by atoms with Gasteiger partial charge in [-0.25, -0.2) is 0 Å². The van der Waals surface area contributed by atoms with E-state index in [0.29, 0.717) is 13.0 Å². The van der Waals surface area contributed by atoms with E-state index in [9.17, 15) is 9.00 Å². The molecule has 0 saturated heterocycles. The van der Waals surface area contributed by atoms with Gasteiger partial charge in [-0.1, -0.05) is 20.3 Å². The molecule has 5 heteroatoms. The van der Waals surface area contributed by atoms with E-state index in [2.05, 4.69) is 5.32 Å². The highest BCUT2D eigenvalue weighted by molar-refractivity contribution is 7.84. The molecule has 0 bridgehead atoms. The second-order valence-corrected chi connectivity index (χ2v) is 5.59. The lowest BCUT2D eigenvalue weighted by Gasteiger charge is -2.12. The molecule has 0 aliphatic heterocycles. The summed E-state index contributed by atoms with van der Waals surface area (Å²) >= 11 is 0. The lowest BCUT2D eigenvalue weighted by atomic mass is 10.1. The Hall–Kier alpha value is -0.420. The summed E-state index contributed by atoms with van der Waals surface area (Å²) in [6, 6.07) is -0.405. The highest BCUT2D eigenvalue weighted by atomic mass is 32.2. The average molecular weight is 234 g/mol. The summed E-state index contributed by atoms with van der Waals surface area (Å²) in [5, 5.41) is 2.87. The summed E-state index contributed by atoms with van der Waals surface area (Å²) in [5.41, 5.74) is 5.63. The summed E-state index contributed by atoms with van der Waals surface area (Å²) in [7, 11) is -0.822. The number of carbonyl (C=O) groups excluding carboxylic acids is 1. The SMILES string of the molecule is CCCC(N)C(=O)NCCC(C)S(C)=O. The molecule has 4 nitrogen and oxygen atoms in total. The van der Waals surface area contributed by atoms with Crippen LogP contribution in [0, 0.1) is 0 Å². The first-order valence-electron chi connectivity index (χ1n) is 5.34. The normalized spacial score (nSPS) is 16.8. The molecule has 0 radical (unpaired) electrons. The number of hydrogen-bond donors (Lipinski definition) is 2. The zero-order valence-electron chi connectivity index (χ0n) is 9.79. The highest BCUT2D eigenvalue weighted by Gasteiger charge is 2.12. The average Bonchev–Trinajstić information content (AvgIpc) is 2.17. The minimum Gasteiger partial charge on any atom is -0.355 e. The third-order valence-electron chi connectivity index (χ3n) is 2.35. The van der Waals surface area contributed by atoms with Crippen molar-refractivity contribution in [1.82, 2.24) is 5.32 Å². The lowest BCUT2D eigenvalue weighted by Crippen LogP contribution is -2.41. The Morgan fingerprint density at radius 1 is 1.47 bits per heavy atom. The van der Waals surface area contributed by atoms with E-state index in [0.717, 1.165) is 12.8 Å². The second-order valence-electron chi connectivity index (χ2n) is 3.78. The van der Waals surface area contributed by atoms with Crippen LogP contribution >= 0.6 is 0 Å². The molecule has 0 aliphatic rings. The Morgan fingerprint density at radius 3 is 2.53 bits per heavy atom. The van der Waals surface area contributed by atoms with E-state index in [1.807, 2.05) is 13.8 Å². The van der Waals surface area contributed by atoms with Gasteiger partial charge >= 0.3 is 0 Å². The van der Waals surface area contributed by atoms with E-state index >= 15 is 0 Å². The Bertz CT molecular complexity index is 221. The topological polar surface area (TPSA) is 72.2 Å². The number of rotatable bonds is 7. The van der Waals surface area contributed by atoms with Gasteiger partial charge in [0.15, 0.2) is 0 Å². The summed E-state index contributed by atoms with van der Waals surface area (Å²) in [4.78, 5) is 11.4. The van der Waals surface area contributed by atoms with E-state index in [1.165, 1.54) is 0 Å². The van der Waals surface area contributed by atoms with Crippen molar-refractivity contribution in [2.75, 3.05) is 12.8 Å². The first-order valence-corrected chi connectivity index (χ1v) is 6.96. The van der Waals surface area contributed by atoms with Crippen molar-refractivity contribution in [2.24, 2.45) is 5.73 Å². The van der Waals surface area contributed by atoms with Crippen molar-refractivity contribution in [3.05, 3.63) is 0 Å². The molecule has 0 rings (SSSR count). The number of carbonyl (C=O) groups is 1. The summed E-state index contributed by atoms with van der Waals surface area (Å²) in [6.07, 6.45) is 4.02. The molecule has 0 aliphatic carbocycles. The maximum atomic E-state index is 11.4. The van der Waals surface area contributed by atoms with Crippen molar-refractivity contribution in [2.45, 2.75) is 44.4 Å². The van der Waals surface area contributed by atoms with Gasteiger partial charge in [0.2, 0.25) is 5.91 Å². The predicted molar refractivity (Wildman–Crippen MR) is 64.0 cm³/mol. The van der Waals surface area contributed by atoms with Crippen LogP contribution in [0.15, 0.2) is 0 Å². The van der Waals surface area contributed by atoms with Gasteiger partial charge in [-0.15, -0.1) is 0 Å². The molecule has 3 unspecified atom stereocenters. The fourth-order valence-electron chi connectivity index (χ4n) is 1.14. The number of hydrogen-bond acceptors (Lipinski definition) is 3. The van der Waals surface area contributed by atoms with Crippen LogP contribution in [0.5, 0.6) is 0 Å². The summed E-state index contributed by atoms with van der Waals surface area (Å²) in [5.74, 6) is -0.106. The van der Waals surface area contributed by atoms with Crippen molar-refractivity contribution < 1.29 is 9.00 Å². The molecule has 0 spiro atoms. The molecule has 0 aromatic carbocycles. The third kappa shape index (κ3) is 6.62. The second kappa shape index (κ2) is 7.82. The van der Waals surface area contributed by atoms with Crippen molar-refractivity contribution in [3.63, 3.8) is 0 Å². The van der Waals surface area contributed by atoms with Crippen LogP contribution in [0.25, 0.3) is 0 Å². The van der Waals surface area contributed by atoms with Crippen LogP contribution in [0.1, 0.15) is 33.1 Å². The number of nitrogens with one attached hydrogen (secondary N) is 1. The first kappa shape index (κ1) is 14.6. The Balaban J connectivity index is 3.67. The molecular formula is C10H22N2O2S. The van der Waals surface area contributed by atoms with Crippen LogP contribution in [-0.2, 0) is 15.6 Å². The van der Waals surface area contributed by atoms with Gasteiger partial charge in [-0.3, -0.25) is 9.00 Å². The van der Waals surface area contributed by atoms with Gasteiger partial charge in [0.05, 0.1) is 6.04 Å². The van der Waals surface area contributed by atoms with Gasteiger partial charge in [-0.05, 0) is 12.8 Å². The maximum absolute atomic E-state index is 11.4. The Morgan fingerprint density at radius 2 is 2.07 bits per heavy atom. The molecule has 15 heavy (non-hydrogen) atoms. The molecule has 0 saturated carbocycles. The fourth-order valence-corrected chi connectivity index (χ4v) is 1.59. The zero-order chi connectivity index (χ0) is 11.8. The molecule has 0 aromatic heterocycles. The molecule has 90 valence electrons. The first-order chi connectivity index (χ1) is 6.99. The van der Waals surface area contributed by atoms with Crippen molar-refractivity contribution >= 4 is 16.7 Å². The van der Waals surface area contributed by atoms with Crippen molar-refractivity contribution in [3.8, 4) is 0 Å². The van der Waals surface area contributed by atoms with Crippen LogP contribution < -0.4 is 11.1 Å². The van der Waals surface area contributed by atoms with Gasteiger partial charge in [0.25, 0.3) is 0 Å². The van der Waals surface area contributed by atoms with E-state index < -0.39 is 16.8 Å². The fraction of sp³-hybridized carbons (Fsp3) is 0.900. The van der Waals surface area contributed by atoms with Gasteiger partial charge in [0.1, 0.15) is 0 Å². The predicted octanol–water partition coefficient (Wildman–Crippen LogP) is 0.387. The van der Waals surface area contributed by atoms with Gasteiger partial charge in [0, 0.05) is 28.9 Å². The molecular weight excluding hydrogens is 212 g/mol. The Kier molecular flexibility index (Phi) is 7.60. The Labute approximate surface area is 94.4 Å². The molecule has 0 aromatic rings. The van der Waals surface area contributed by atoms with Crippen LogP contribution in [0.3, 0.4) is 0 Å². The van der Waals surface area contributed by atoms with Crippen LogP contribution in [-0.4, -0.2) is 34.2 Å². The van der Waals surface area contributed by atoms with E-state index in [4.69, 9.17) is 5.73 Å².